The van der Waals surface area contributed by atoms with Crippen LogP contribution < -0.4 is 4.90 Å². The molecule has 0 atom stereocenters. The minimum absolute atomic E-state index is 0.0656. The third kappa shape index (κ3) is 2.20. The molecule has 5 heteroatoms. The van der Waals surface area contributed by atoms with Crippen molar-refractivity contribution in [2.75, 3.05) is 4.90 Å². The maximum atomic E-state index is 12.0. The van der Waals surface area contributed by atoms with Crippen LogP contribution in [-0.2, 0) is 11.2 Å². The van der Waals surface area contributed by atoms with Gasteiger partial charge in [-0.05, 0) is 38.3 Å². The summed E-state index contributed by atoms with van der Waals surface area (Å²) in [5.41, 5.74) is 1.80. The standard InChI is InChI=1S/C13H16N2O3/c1-9(2)14-12-7-6-11(15(17)18)8-10(12)4-3-5-13(14)16/h6-9H,3-5H2,1-2H3. The van der Waals surface area contributed by atoms with Gasteiger partial charge in [0.1, 0.15) is 0 Å². The number of non-ortho nitro benzene ring substituents is 1. The van der Waals surface area contributed by atoms with E-state index in [1.807, 2.05) is 13.8 Å². The quantitative estimate of drug-likeness (QED) is 0.597. The van der Waals surface area contributed by atoms with Gasteiger partial charge in [0.2, 0.25) is 5.91 Å². The molecule has 0 spiro atoms. The second-order valence-electron chi connectivity index (χ2n) is 4.78. The van der Waals surface area contributed by atoms with Crippen molar-refractivity contribution in [3.63, 3.8) is 0 Å². The summed E-state index contributed by atoms with van der Waals surface area (Å²) >= 11 is 0. The first-order valence-corrected chi connectivity index (χ1v) is 6.10. The van der Waals surface area contributed by atoms with Crippen molar-refractivity contribution in [3.8, 4) is 0 Å². The fourth-order valence-corrected chi connectivity index (χ4v) is 2.37. The normalized spacial score (nSPS) is 15.5. The molecule has 1 heterocycles. The lowest BCUT2D eigenvalue weighted by atomic mass is 10.1. The first kappa shape index (κ1) is 12.5. The van der Waals surface area contributed by atoms with Crippen LogP contribution in [0.1, 0.15) is 32.3 Å². The van der Waals surface area contributed by atoms with Gasteiger partial charge in [-0.1, -0.05) is 0 Å². The number of nitro benzene ring substituents is 1. The Morgan fingerprint density at radius 1 is 1.33 bits per heavy atom. The first-order chi connectivity index (χ1) is 8.50. The van der Waals surface area contributed by atoms with Gasteiger partial charge in [-0.3, -0.25) is 14.9 Å². The summed E-state index contributed by atoms with van der Waals surface area (Å²) in [5.74, 6) is 0.0950. The molecule has 0 saturated carbocycles. The molecule has 0 N–H and O–H groups in total. The second kappa shape index (κ2) is 4.76. The molecular weight excluding hydrogens is 232 g/mol. The average Bonchev–Trinajstić information content (AvgIpc) is 2.45. The lowest BCUT2D eigenvalue weighted by molar-refractivity contribution is -0.384. The molecule has 5 nitrogen and oxygen atoms in total. The van der Waals surface area contributed by atoms with Gasteiger partial charge < -0.3 is 4.90 Å². The van der Waals surface area contributed by atoms with E-state index in [-0.39, 0.29) is 17.6 Å². The predicted octanol–water partition coefficient (Wildman–Crippen LogP) is 2.67. The van der Waals surface area contributed by atoms with Crippen molar-refractivity contribution >= 4 is 17.3 Å². The number of aryl methyl sites for hydroxylation is 1. The molecule has 1 aromatic rings. The van der Waals surface area contributed by atoms with E-state index in [1.54, 1.807) is 17.0 Å². The Hall–Kier alpha value is -1.91. The van der Waals surface area contributed by atoms with Gasteiger partial charge in [0.25, 0.3) is 5.69 Å². The largest absolute Gasteiger partial charge is 0.310 e. The Morgan fingerprint density at radius 2 is 2.06 bits per heavy atom. The number of nitro groups is 1. The summed E-state index contributed by atoms with van der Waals surface area (Å²) in [6.07, 6.45) is 1.96. The Kier molecular flexibility index (Phi) is 3.32. The van der Waals surface area contributed by atoms with E-state index in [1.165, 1.54) is 6.07 Å². The summed E-state index contributed by atoms with van der Waals surface area (Å²) < 4.78 is 0. The van der Waals surface area contributed by atoms with E-state index in [2.05, 4.69) is 0 Å². The van der Waals surface area contributed by atoms with Gasteiger partial charge in [0.15, 0.2) is 0 Å². The molecule has 0 aromatic heterocycles. The highest BCUT2D eigenvalue weighted by Gasteiger charge is 2.25. The number of carbonyl (C=O) groups is 1. The molecule has 96 valence electrons. The van der Waals surface area contributed by atoms with Gasteiger partial charge in [-0.15, -0.1) is 0 Å². The number of fused-ring (bicyclic) bond motifs is 1. The third-order valence-corrected chi connectivity index (χ3v) is 3.16. The highest BCUT2D eigenvalue weighted by Crippen LogP contribution is 2.31. The monoisotopic (exact) mass is 248 g/mol. The number of rotatable bonds is 2. The maximum absolute atomic E-state index is 12.0. The van der Waals surface area contributed by atoms with Crippen LogP contribution in [0, 0.1) is 10.1 Å². The summed E-state index contributed by atoms with van der Waals surface area (Å²) in [6.45, 7) is 3.91. The van der Waals surface area contributed by atoms with Gasteiger partial charge in [0, 0.05) is 30.3 Å². The molecule has 18 heavy (non-hydrogen) atoms. The molecule has 0 saturated heterocycles. The Balaban J connectivity index is 2.50. The molecular formula is C13H16N2O3. The van der Waals surface area contributed by atoms with Crippen molar-refractivity contribution in [2.45, 2.75) is 39.2 Å². The summed E-state index contributed by atoms with van der Waals surface area (Å²) in [7, 11) is 0. The topological polar surface area (TPSA) is 63.5 Å². The smallest absolute Gasteiger partial charge is 0.269 e. The van der Waals surface area contributed by atoms with Crippen molar-refractivity contribution < 1.29 is 9.72 Å². The van der Waals surface area contributed by atoms with Crippen LogP contribution in [0.4, 0.5) is 11.4 Å². The van der Waals surface area contributed by atoms with Crippen molar-refractivity contribution in [1.82, 2.24) is 0 Å². The van der Waals surface area contributed by atoms with E-state index in [0.717, 1.165) is 17.7 Å². The molecule has 1 aromatic carbocycles. The highest BCUT2D eigenvalue weighted by atomic mass is 16.6. The summed E-state index contributed by atoms with van der Waals surface area (Å²) in [6, 6.07) is 4.81. The van der Waals surface area contributed by atoms with Crippen molar-refractivity contribution in [3.05, 3.63) is 33.9 Å². The van der Waals surface area contributed by atoms with Crippen LogP contribution in [0.3, 0.4) is 0 Å². The van der Waals surface area contributed by atoms with Crippen LogP contribution in [-0.4, -0.2) is 16.9 Å². The minimum atomic E-state index is -0.396. The van der Waals surface area contributed by atoms with Gasteiger partial charge in [0.05, 0.1) is 4.92 Å². The van der Waals surface area contributed by atoms with E-state index in [9.17, 15) is 14.9 Å². The molecule has 1 amide bonds. The first-order valence-electron chi connectivity index (χ1n) is 6.10. The SMILES string of the molecule is CC(C)N1C(=O)CCCc2cc([N+](=O)[O-])ccc21. The number of anilines is 1. The number of carbonyl (C=O) groups excluding carboxylic acids is 1. The van der Waals surface area contributed by atoms with Gasteiger partial charge in [-0.2, -0.15) is 0 Å². The fourth-order valence-electron chi connectivity index (χ4n) is 2.37. The predicted molar refractivity (Wildman–Crippen MR) is 68.7 cm³/mol. The molecule has 2 rings (SSSR count). The molecule has 1 aliphatic heterocycles. The molecule has 0 aliphatic carbocycles. The zero-order valence-electron chi connectivity index (χ0n) is 10.5. The van der Waals surface area contributed by atoms with E-state index < -0.39 is 4.92 Å². The lowest BCUT2D eigenvalue weighted by Crippen LogP contribution is -2.36. The Morgan fingerprint density at radius 3 is 2.67 bits per heavy atom. The van der Waals surface area contributed by atoms with Crippen molar-refractivity contribution in [2.24, 2.45) is 0 Å². The Bertz CT molecular complexity index is 497. The van der Waals surface area contributed by atoms with Crippen LogP contribution in [0.15, 0.2) is 18.2 Å². The summed E-state index contributed by atoms with van der Waals surface area (Å²) in [5, 5.41) is 10.8. The number of nitrogens with zero attached hydrogens (tertiary/aromatic N) is 2. The highest BCUT2D eigenvalue weighted by molar-refractivity contribution is 5.95. The average molecular weight is 248 g/mol. The number of hydrogen-bond donors (Lipinski definition) is 0. The number of benzene rings is 1. The van der Waals surface area contributed by atoms with Crippen LogP contribution in [0.2, 0.25) is 0 Å². The number of hydrogen-bond acceptors (Lipinski definition) is 3. The molecule has 0 radical (unpaired) electrons. The maximum Gasteiger partial charge on any atom is 0.269 e. The van der Waals surface area contributed by atoms with E-state index >= 15 is 0 Å². The van der Waals surface area contributed by atoms with E-state index in [0.29, 0.717) is 12.8 Å². The van der Waals surface area contributed by atoms with Crippen LogP contribution >= 0.6 is 0 Å². The third-order valence-electron chi connectivity index (χ3n) is 3.16. The van der Waals surface area contributed by atoms with E-state index in [4.69, 9.17) is 0 Å². The molecule has 0 unspecified atom stereocenters. The molecule has 1 aliphatic rings. The Labute approximate surface area is 106 Å². The lowest BCUT2D eigenvalue weighted by Gasteiger charge is -2.26. The zero-order valence-corrected chi connectivity index (χ0v) is 10.5. The minimum Gasteiger partial charge on any atom is -0.310 e. The second-order valence-corrected chi connectivity index (χ2v) is 4.78. The summed E-state index contributed by atoms with van der Waals surface area (Å²) in [4.78, 5) is 24.2. The van der Waals surface area contributed by atoms with Crippen molar-refractivity contribution in [1.29, 1.82) is 0 Å². The molecule has 0 fully saturated rings. The fraction of sp³-hybridized carbons (Fsp3) is 0.462. The number of amides is 1. The van der Waals surface area contributed by atoms with Gasteiger partial charge >= 0.3 is 0 Å². The van der Waals surface area contributed by atoms with Crippen LogP contribution in [0.25, 0.3) is 0 Å². The van der Waals surface area contributed by atoms with Crippen LogP contribution in [0.5, 0.6) is 0 Å². The molecule has 0 bridgehead atoms. The van der Waals surface area contributed by atoms with Gasteiger partial charge in [-0.25, -0.2) is 0 Å². The zero-order chi connectivity index (χ0) is 13.3.